The van der Waals surface area contributed by atoms with Gasteiger partial charge in [0.25, 0.3) is 0 Å². The summed E-state index contributed by atoms with van der Waals surface area (Å²) in [4.78, 5) is 24.4. The van der Waals surface area contributed by atoms with Crippen LogP contribution < -0.4 is 10.6 Å². The summed E-state index contributed by atoms with van der Waals surface area (Å²) in [5.41, 5.74) is 6.22. The second kappa shape index (κ2) is 5.92. The van der Waals surface area contributed by atoms with E-state index in [1.165, 1.54) is 11.9 Å². The van der Waals surface area contributed by atoms with Gasteiger partial charge in [0.1, 0.15) is 10.6 Å². The van der Waals surface area contributed by atoms with Gasteiger partial charge in [-0.15, -0.1) is 0 Å². The van der Waals surface area contributed by atoms with Crippen LogP contribution in [0.2, 0.25) is 0 Å². The van der Waals surface area contributed by atoms with E-state index in [2.05, 4.69) is 4.37 Å². The van der Waals surface area contributed by atoms with Crippen molar-refractivity contribution in [3.05, 3.63) is 11.3 Å². The number of anilines is 1. The zero-order valence-electron chi connectivity index (χ0n) is 10.6. The van der Waals surface area contributed by atoms with Gasteiger partial charge in [0.2, 0.25) is 5.91 Å². The van der Waals surface area contributed by atoms with E-state index in [1.54, 1.807) is 6.92 Å². The molecule has 0 bridgehead atoms. The predicted molar refractivity (Wildman–Crippen MR) is 70.1 cm³/mol. The van der Waals surface area contributed by atoms with Gasteiger partial charge in [-0.3, -0.25) is 4.79 Å². The van der Waals surface area contributed by atoms with Gasteiger partial charge in [-0.2, -0.15) is 4.37 Å². The molecular weight excluding hydrogens is 254 g/mol. The SMILES string of the molecule is CCC[C@H](N)C(=O)N(C)c1snc(C)c1C(=O)O. The molecule has 1 aromatic heterocycles. The fourth-order valence-corrected chi connectivity index (χ4v) is 2.47. The molecule has 0 aliphatic carbocycles. The third-order valence-electron chi connectivity index (χ3n) is 2.61. The molecule has 18 heavy (non-hydrogen) atoms. The fourth-order valence-electron chi connectivity index (χ4n) is 1.62. The van der Waals surface area contributed by atoms with Crippen molar-refractivity contribution in [2.45, 2.75) is 32.7 Å². The van der Waals surface area contributed by atoms with E-state index in [4.69, 9.17) is 10.8 Å². The number of aromatic carboxylic acids is 1. The monoisotopic (exact) mass is 271 g/mol. The lowest BCUT2D eigenvalue weighted by molar-refractivity contribution is -0.119. The summed E-state index contributed by atoms with van der Waals surface area (Å²) in [5, 5.41) is 9.44. The molecule has 0 aliphatic rings. The Morgan fingerprint density at radius 3 is 2.67 bits per heavy atom. The van der Waals surface area contributed by atoms with Gasteiger partial charge < -0.3 is 15.7 Å². The number of rotatable bonds is 5. The van der Waals surface area contributed by atoms with Crippen LogP contribution in [0.25, 0.3) is 0 Å². The highest BCUT2D eigenvalue weighted by molar-refractivity contribution is 7.11. The van der Waals surface area contributed by atoms with E-state index in [1.807, 2.05) is 6.92 Å². The molecule has 1 amide bonds. The zero-order valence-corrected chi connectivity index (χ0v) is 11.5. The molecule has 0 saturated heterocycles. The number of carbonyl (C=O) groups excluding carboxylic acids is 1. The van der Waals surface area contributed by atoms with Crippen molar-refractivity contribution in [1.29, 1.82) is 0 Å². The summed E-state index contributed by atoms with van der Waals surface area (Å²) in [6.07, 6.45) is 1.37. The van der Waals surface area contributed by atoms with Gasteiger partial charge in [-0.25, -0.2) is 4.79 Å². The first-order valence-corrected chi connectivity index (χ1v) is 6.40. The molecule has 7 heteroatoms. The topological polar surface area (TPSA) is 96.5 Å². The highest BCUT2D eigenvalue weighted by Crippen LogP contribution is 2.28. The van der Waals surface area contributed by atoms with Gasteiger partial charge in [0.05, 0.1) is 11.7 Å². The van der Waals surface area contributed by atoms with E-state index < -0.39 is 12.0 Å². The summed E-state index contributed by atoms with van der Waals surface area (Å²) in [6.45, 7) is 3.54. The van der Waals surface area contributed by atoms with Crippen LogP contribution in [0, 0.1) is 6.92 Å². The van der Waals surface area contributed by atoms with Crippen molar-refractivity contribution in [3.63, 3.8) is 0 Å². The second-order valence-corrected chi connectivity index (χ2v) is 4.80. The molecule has 0 saturated carbocycles. The van der Waals surface area contributed by atoms with Gasteiger partial charge in [-0.05, 0) is 24.9 Å². The van der Waals surface area contributed by atoms with Gasteiger partial charge in [-0.1, -0.05) is 13.3 Å². The fraction of sp³-hybridized carbons (Fsp3) is 0.545. The first-order chi connectivity index (χ1) is 8.40. The molecule has 0 spiro atoms. The molecule has 0 fully saturated rings. The molecule has 1 rings (SSSR count). The summed E-state index contributed by atoms with van der Waals surface area (Å²) in [6, 6.07) is -0.607. The minimum absolute atomic E-state index is 0.0690. The Kier molecular flexibility index (Phi) is 4.80. The third kappa shape index (κ3) is 2.85. The van der Waals surface area contributed by atoms with E-state index >= 15 is 0 Å². The third-order valence-corrected chi connectivity index (χ3v) is 3.63. The highest BCUT2D eigenvalue weighted by Gasteiger charge is 2.26. The molecule has 100 valence electrons. The Morgan fingerprint density at radius 2 is 2.17 bits per heavy atom. The van der Waals surface area contributed by atoms with E-state index in [0.29, 0.717) is 17.1 Å². The Bertz CT molecular complexity index is 458. The number of carbonyl (C=O) groups is 2. The maximum absolute atomic E-state index is 12.0. The quantitative estimate of drug-likeness (QED) is 0.839. The van der Waals surface area contributed by atoms with Gasteiger partial charge in [0, 0.05) is 7.05 Å². The number of nitrogens with zero attached hydrogens (tertiary/aromatic N) is 2. The van der Waals surface area contributed by atoms with E-state index in [9.17, 15) is 9.59 Å². The Balaban J connectivity index is 3.00. The van der Waals surface area contributed by atoms with Crippen LogP contribution in [-0.4, -0.2) is 34.4 Å². The normalized spacial score (nSPS) is 12.2. The minimum atomic E-state index is -1.08. The van der Waals surface area contributed by atoms with Gasteiger partial charge >= 0.3 is 5.97 Å². The molecule has 1 atom stereocenters. The maximum Gasteiger partial charge on any atom is 0.340 e. The standard InChI is InChI=1S/C11H17N3O3S/c1-4-5-7(12)9(15)14(3)10-8(11(16)17)6(2)13-18-10/h7H,4-5,12H2,1-3H3,(H,16,17)/t7-/m0/s1. The van der Waals surface area contributed by atoms with Crippen molar-refractivity contribution in [2.75, 3.05) is 11.9 Å². The van der Waals surface area contributed by atoms with Crippen molar-refractivity contribution in [2.24, 2.45) is 5.73 Å². The molecule has 3 N–H and O–H groups in total. The molecule has 1 aromatic rings. The number of hydrogen-bond donors (Lipinski definition) is 2. The van der Waals surface area contributed by atoms with Crippen LogP contribution in [0.4, 0.5) is 5.00 Å². The van der Waals surface area contributed by atoms with Crippen molar-refractivity contribution in [1.82, 2.24) is 4.37 Å². The number of nitrogens with two attached hydrogens (primary N) is 1. The number of amides is 1. The summed E-state index contributed by atoms with van der Waals surface area (Å²) >= 11 is 0.995. The average Bonchev–Trinajstić information content (AvgIpc) is 2.69. The number of carboxylic acid groups (broad SMARTS) is 1. The van der Waals surface area contributed by atoms with Crippen LogP contribution in [0.1, 0.15) is 35.8 Å². The number of hydrogen-bond acceptors (Lipinski definition) is 5. The second-order valence-electron chi connectivity index (χ2n) is 4.05. The minimum Gasteiger partial charge on any atom is -0.478 e. The van der Waals surface area contributed by atoms with Crippen molar-refractivity contribution in [3.8, 4) is 0 Å². The summed E-state index contributed by atoms with van der Waals surface area (Å²) in [7, 11) is 1.53. The van der Waals surface area contributed by atoms with Crippen LogP contribution in [-0.2, 0) is 4.79 Å². The molecule has 0 aromatic carbocycles. The molecule has 6 nitrogen and oxygen atoms in total. The average molecular weight is 271 g/mol. The smallest absolute Gasteiger partial charge is 0.340 e. The molecule has 1 heterocycles. The lowest BCUT2D eigenvalue weighted by Crippen LogP contribution is -2.41. The molecular formula is C11H17N3O3S. The zero-order chi connectivity index (χ0) is 13.9. The van der Waals surface area contributed by atoms with E-state index in [0.717, 1.165) is 18.0 Å². The molecule has 0 radical (unpaired) electrons. The van der Waals surface area contributed by atoms with Crippen molar-refractivity contribution < 1.29 is 14.7 Å². The lowest BCUT2D eigenvalue weighted by Gasteiger charge is -2.19. The predicted octanol–water partition coefficient (Wildman–Crippen LogP) is 1.24. The Labute approximate surface area is 110 Å². The molecule has 0 unspecified atom stereocenters. The molecule has 0 aliphatic heterocycles. The van der Waals surface area contributed by atoms with Crippen LogP contribution in [0.3, 0.4) is 0 Å². The lowest BCUT2D eigenvalue weighted by atomic mass is 10.1. The van der Waals surface area contributed by atoms with Gasteiger partial charge in [0.15, 0.2) is 0 Å². The Morgan fingerprint density at radius 1 is 1.56 bits per heavy atom. The van der Waals surface area contributed by atoms with Crippen LogP contribution in [0.15, 0.2) is 0 Å². The largest absolute Gasteiger partial charge is 0.478 e. The first-order valence-electron chi connectivity index (χ1n) is 5.62. The Hall–Kier alpha value is -1.47. The van der Waals surface area contributed by atoms with E-state index in [-0.39, 0.29) is 11.5 Å². The summed E-state index contributed by atoms with van der Waals surface area (Å²) in [5.74, 6) is -1.37. The number of aryl methyl sites for hydroxylation is 1. The number of aromatic nitrogens is 1. The number of carboxylic acids is 1. The van der Waals surface area contributed by atoms with Crippen LogP contribution >= 0.6 is 11.5 Å². The highest BCUT2D eigenvalue weighted by atomic mass is 32.1. The van der Waals surface area contributed by atoms with Crippen molar-refractivity contribution >= 4 is 28.4 Å². The number of likely N-dealkylation sites (N-methyl/N-ethyl adjacent to an activating group) is 1. The van der Waals surface area contributed by atoms with Crippen LogP contribution in [0.5, 0.6) is 0 Å². The first kappa shape index (κ1) is 14.6. The summed E-state index contributed by atoms with van der Waals surface area (Å²) < 4.78 is 3.97. The maximum atomic E-state index is 12.0.